The van der Waals surface area contributed by atoms with Gasteiger partial charge in [0.2, 0.25) is 11.8 Å². The fraction of sp³-hybridized carbons (Fsp3) is 0.458. The topological polar surface area (TPSA) is 56.8 Å². The number of carbonyl (C=O) groups is 2. The molecular formula is C24H25BrN4O2S. The van der Waals surface area contributed by atoms with E-state index in [2.05, 4.69) is 55.4 Å². The van der Waals surface area contributed by atoms with Gasteiger partial charge in [-0.1, -0.05) is 40.2 Å². The van der Waals surface area contributed by atoms with Crippen molar-refractivity contribution in [2.75, 3.05) is 44.2 Å². The Morgan fingerprint density at radius 2 is 1.59 bits per heavy atom. The van der Waals surface area contributed by atoms with E-state index in [1.54, 1.807) is 16.2 Å². The van der Waals surface area contributed by atoms with E-state index in [4.69, 9.17) is 4.98 Å². The lowest BCUT2D eigenvalue weighted by Crippen LogP contribution is -2.49. The third-order valence-corrected chi connectivity index (χ3v) is 8.91. The Bertz CT molecular complexity index is 1050. The molecule has 2 amide bonds. The van der Waals surface area contributed by atoms with E-state index in [0.717, 1.165) is 60.0 Å². The maximum Gasteiger partial charge on any atom is 0.233 e. The van der Waals surface area contributed by atoms with Gasteiger partial charge < -0.3 is 4.90 Å². The first-order valence-electron chi connectivity index (χ1n) is 11.3. The average molecular weight is 513 g/mol. The SMILES string of the molecule is O=C1[C@@H]2[C@@H](C(=O)N1CCN1CCN(c3nc(-c4ccc(Br)cc4)cs3)CC1)[C@H]1C=C[C@H]2C1. The summed E-state index contributed by atoms with van der Waals surface area (Å²) < 4.78 is 1.07. The molecule has 2 aliphatic heterocycles. The molecule has 0 radical (unpaired) electrons. The summed E-state index contributed by atoms with van der Waals surface area (Å²) in [7, 11) is 0. The molecule has 6 nitrogen and oxygen atoms in total. The van der Waals surface area contributed by atoms with Crippen LogP contribution in [-0.2, 0) is 9.59 Å². The maximum atomic E-state index is 12.9. The van der Waals surface area contributed by atoms with E-state index in [1.807, 2.05) is 12.1 Å². The highest BCUT2D eigenvalue weighted by Gasteiger charge is 2.59. The van der Waals surface area contributed by atoms with Gasteiger partial charge in [0.25, 0.3) is 0 Å². The van der Waals surface area contributed by atoms with Gasteiger partial charge in [0.05, 0.1) is 17.5 Å². The highest BCUT2D eigenvalue weighted by molar-refractivity contribution is 9.10. The van der Waals surface area contributed by atoms with Crippen LogP contribution in [0, 0.1) is 23.7 Å². The van der Waals surface area contributed by atoms with Crippen LogP contribution in [0.25, 0.3) is 11.3 Å². The number of imide groups is 1. The number of rotatable bonds is 5. The molecule has 3 heterocycles. The van der Waals surface area contributed by atoms with Crippen molar-refractivity contribution in [2.24, 2.45) is 23.7 Å². The predicted octanol–water partition coefficient (Wildman–Crippen LogP) is 3.50. The van der Waals surface area contributed by atoms with E-state index >= 15 is 0 Å². The minimum Gasteiger partial charge on any atom is -0.346 e. The Morgan fingerprint density at radius 1 is 0.938 bits per heavy atom. The van der Waals surface area contributed by atoms with Crippen LogP contribution in [-0.4, -0.2) is 65.9 Å². The first kappa shape index (κ1) is 20.6. The minimum atomic E-state index is -0.0841. The van der Waals surface area contributed by atoms with Crippen LogP contribution in [0.3, 0.4) is 0 Å². The number of nitrogens with zero attached hydrogens (tertiary/aromatic N) is 4. The third kappa shape index (κ3) is 3.43. The van der Waals surface area contributed by atoms with Gasteiger partial charge >= 0.3 is 0 Å². The number of piperazine rings is 1. The van der Waals surface area contributed by atoms with E-state index in [9.17, 15) is 9.59 Å². The van der Waals surface area contributed by atoms with Crippen LogP contribution < -0.4 is 4.90 Å². The zero-order chi connectivity index (χ0) is 21.8. The van der Waals surface area contributed by atoms with Crippen LogP contribution in [0.15, 0.2) is 46.3 Å². The maximum absolute atomic E-state index is 12.9. The number of thiazole rings is 1. The molecule has 2 saturated heterocycles. The Kier molecular flexibility index (Phi) is 5.19. The number of hydrogen-bond acceptors (Lipinski definition) is 6. The van der Waals surface area contributed by atoms with E-state index in [1.165, 1.54) is 0 Å². The molecule has 166 valence electrons. The lowest BCUT2D eigenvalue weighted by molar-refractivity contribution is -0.140. The Morgan fingerprint density at radius 3 is 2.25 bits per heavy atom. The fourth-order valence-corrected chi connectivity index (χ4v) is 6.90. The van der Waals surface area contributed by atoms with Gasteiger partial charge in [0.15, 0.2) is 5.13 Å². The molecule has 2 aromatic rings. The minimum absolute atomic E-state index is 0.0683. The second-order valence-electron chi connectivity index (χ2n) is 9.18. The molecule has 1 aromatic heterocycles. The molecule has 32 heavy (non-hydrogen) atoms. The van der Waals surface area contributed by atoms with Crippen molar-refractivity contribution in [1.29, 1.82) is 0 Å². The summed E-state index contributed by atoms with van der Waals surface area (Å²) in [4.78, 5) is 36.8. The largest absolute Gasteiger partial charge is 0.346 e. The van der Waals surface area contributed by atoms with Crippen LogP contribution in [0.2, 0.25) is 0 Å². The lowest BCUT2D eigenvalue weighted by atomic mass is 9.85. The number of aromatic nitrogens is 1. The van der Waals surface area contributed by atoms with Crippen molar-refractivity contribution in [3.8, 4) is 11.3 Å². The van der Waals surface area contributed by atoms with Crippen LogP contribution in [0.5, 0.6) is 0 Å². The number of benzene rings is 1. The summed E-state index contributed by atoms with van der Waals surface area (Å²) in [6.07, 6.45) is 5.30. The Balaban J connectivity index is 1.03. The van der Waals surface area contributed by atoms with Crippen LogP contribution in [0.1, 0.15) is 6.42 Å². The fourth-order valence-electron chi connectivity index (χ4n) is 5.75. The second kappa shape index (κ2) is 8.08. The summed E-state index contributed by atoms with van der Waals surface area (Å²) in [6.45, 7) is 4.94. The zero-order valence-electron chi connectivity index (χ0n) is 17.7. The highest BCUT2D eigenvalue weighted by Crippen LogP contribution is 2.52. The first-order chi connectivity index (χ1) is 15.6. The lowest BCUT2D eigenvalue weighted by Gasteiger charge is -2.35. The molecule has 1 aromatic carbocycles. The van der Waals surface area contributed by atoms with Gasteiger partial charge in [-0.15, -0.1) is 11.3 Å². The van der Waals surface area contributed by atoms with Crippen molar-refractivity contribution in [3.63, 3.8) is 0 Å². The zero-order valence-corrected chi connectivity index (χ0v) is 20.1. The highest BCUT2D eigenvalue weighted by atomic mass is 79.9. The van der Waals surface area contributed by atoms with Gasteiger partial charge in [0.1, 0.15) is 0 Å². The van der Waals surface area contributed by atoms with Crippen molar-refractivity contribution in [1.82, 2.24) is 14.8 Å². The van der Waals surface area contributed by atoms with Crippen LogP contribution in [0.4, 0.5) is 5.13 Å². The summed E-state index contributed by atoms with van der Waals surface area (Å²) in [5, 5.41) is 3.18. The number of amides is 2. The van der Waals surface area contributed by atoms with E-state index < -0.39 is 0 Å². The normalized spacial score (nSPS) is 29.4. The van der Waals surface area contributed by atoms with Gasteiger partial charge in [-0.05, 0) is 30.4 Å². The summed E-state index contributed by atoms with van der Waals surface area (Å²) >= 11 is 5.17. The smallest absolute Gasteiger partial charge is 0.233 e. The van der Waals surface area contributed by atoms with Crippen molar-refractivity contribution < 1.29 is 9.59 Å². The molecule has 4 aliphatic rings. The molecule has 1 saturated carbocycles. The van der Waals surface area contributed by atoms with Gasteiger partial charge in [-0.3, -0.25) is 19.4 Å². The van der Waals surface area contributed by atoms with Crippen molar-refractivity contribution in [3.05, 3.63) is 46.3 Å². The quantitative estimate of drug-likeness (QED) is 0.453. The number of hydrogen-bond donors (Lipinski definition) is 0. The van der Waals surface area contributed by atoms with E-state index in [0.29, 0.717) is 6.54 Å². The number of allylic oxidation sites excluding steroid dienone is 2. The number of carbonyl (C=O) groups excluding carboxylic acids is 2. The molecular weight excluding hydrogens is 488 g/mol. The van der Waals surface area contributed by atoms with E-state index in [-0.39, 0.29) is 35.5 Å². The summed E-state index contributed by atoms with van der Waals surface area (Å²) in [6, 6.07) is 8.24. The Labute approximate surface area is 200 Å². The van der Waals surface area contributed by atoms with Crippen LogP contribution >= 0.6 is 27.3 Å². The average Bonchev–Trinajstić information content (AvgIpc) is 3.59. The number of anilines is 1. The summed E-state index contributed by atoms with van der Waals surface area (Å²) in [5.74, 6) is 0.544. The van der Waals surface area contributed by atoms with Gasteiger partial charge in [0, 0.05) is 54.7 Å². The van der Waals surface area contributed by atoms with Crippen molar-refractivity contribution in [2.45, 2.75) is 6.42 Å². The first-order valence-corrected chi connectivity index (χ1v) is 13.0. The molecule has 2 aliphatic carbocycles. The molecule has 2 bridgehead atoms. The van der Waals surface area contributed by atoms with Crippen molar-refractivity contribution >= 4 is 44.2 Å². The molecule has 6 rings (SSSR count). The number of fused-ring (bicyclic) bond motifs is 5. The molecule has 0 N–H and O–H groups in total. The monoisotopic (exact) mass is 512 g/mol. The summed E-state index contributed by atoms with van der Waals surface area (Å²) in [5.41, 5.74) is 2.14. The number of likely N-dealkylation sites (tertiary alicyclic amines) is 1. The second-order valence-corrected chi connectivity index (χ2v) is 10.9. The standard InChI is InChI=1S/C24H25BrN4O2S/c25-18-5-3-15(4-6-18)19-14-32-24(26-19)28-10-7-27(8-11-28)9-12-29-22(30)20-16-1-2-17(13-16)21(20)23(29)31/h1-6,14,16-17,20-21H,7-13H2/t16-,17-,20-,21-/m0/s1. The van der Waals surface area contributed by atoms with Gasteiger partial charge in [-0.25, -0.2) is 4.98 Å². The number of halogens is 1. The molecule has 3 fully saturated rings. The van der Waals surface area contributed by atoms with Gasteiger partial charge in [-0.2, -0.15) is 0 Å². The molecule has 0 unspecified atom stereocenters. The third-order valence-electron chi connectivity index (χ3n) is 7.48. The molecule has 0 spiro atoms. The molecule has 8 heteroatoms. The predicted molar refractivity (Wildman–Crippen MR) is 128 cm³/mol. The molecule has 4 atom stereocenters. The Hall–Kier alpha value is -2.03.